The molecule has 3 heteroatoms. The largest absolute Gasteiger partial charge is 0.478 e. The van der Waals surface area contributed by atoms with Gasteiger partial charge in [0, 0.05) is 18.7 Å². The third-order valence-electron chi connectivity index (χ3n) is 4.25. The minimum atomic E-state index is -0.908. The van der Waals surface area contributed by atoms with Gasteiger partial charge in [0.25, 0.3) is 0 Å². The molecule has 0 radical (unpaired) electrons. The Kier molecular flexibility index (Phi) is 6.00. The van der Waals surface area contributed by atoms with Gasteiger partial charge in [0.2, 0.25) is 0 Å². The summed E-state index contributed by atoms with van der Waals surface area (Å²) >= 11 is 0. The zero-order chi connectivity index (χ0) is 15.1. The van der Waals surface area contributed by atoms with Crippen molar-refractivity contribution in [2.45, 2.75) is 51.6 Å². The molecular weight excluding hydrogens is 262 g/mol. The van der Waals surface area contributed by atoms with E-state index >= 15 is 0 Å². The van der Waals surface area contributed by atoms with Gasteiger partial charge in [0.1, 0.15) is 0 Å². The molecule has 0 aromatic heterocycles. The van der Waals surface area contributed by atoms with Gasteiger partial charge in [-0.3, -0.25) is 4.90 Å². The minimum absolute atomic E-state index is 0.707. The molecule has 1 aliphatic rings. The van der Waals surface area contributed by atoms with Crippen molar-refractivity contribution in [2.24, 2.45) is 0 Å². The second kappa shape index (κ2) is 7.99. The van der Waals surface area contributed by atoms with Crippen molar-refractivity contribution in [3.8, 4) is 0 Å². The number of hydrogen-bond donors (Lipinski definition) is 1. The smallest absolute Gasteiger partial charge is 0.328 e. The highest BCUT2D eigenvalue weighted by Gasteiger charge is 2.19. The molecule has 0 aliphatic carbocycles. The van der Waals surface area contributed by atoms with Crippen LogP contribution in [0, 0.1) is 0 Å². The van der Waals surface area contributed by atoms with Crippen LogP contribution >= 0.6 is 0 Å². The Hall–Kier alpha value is -1.61. The lowest BCUT2D eigenvalue weighted by Gasteiger charge is -2.29. The maximum Gasteiger partial charge on any atom is 0.328 e. The fraction of sp³-hybridized carbons (Fsp3) is 0.500. The van der Waals surface area contributed by atoms with Crippen LogP contribution < -0.4 is 0 Å². The molecule has 1 heterocycles. The normalized spacial score (nSPS) is 20.5. The Morgan fingerprint density at radius 1 is 1.29 bits per heavy atom. The summed E-state index contributed by atoms with van der Waals surface area (Å²) in [5.41, 5.74) is 2.24. The van der Waals surface area contributed by atoms with Crippen LogP contribution in [0.4, 0.5) is 0 Å². The Bertz CT molecular complexity index is 478. The number of benzene rings is 1. The third-order valence-corrected chi connectivity index (χ3v) is 4.25. The van der Waals surface area contributed by atoms with Crippen LogP contribution in [0.2, 0.25) is 0 Å². The van der Waals surface area contributed by atoms with Crippen molar-refractivity contribution in [2.75, 3.05) is 6.54 Å². The summed E-state index contributed by atoms with van der Waals surface area (Å²) in [5.74, 6) is -0.908. The molecular formula is C18H25NO2. The van der Waals surface area contributed by atoms with E-state index in [1.807, 2.05) is 12.1 Å². The van der Waals surface area contributed by atoms with Crippen molar-refractivity contribution < 1.29 is 9.90 Å². The van der Waals surface area contributed by atoms with Gasteiger partial charge >= 0.3 is 5.97 Å². The van der Waals surface area contributed by atoms with Gasteiger partial charge in [-0.2, -0.15) is 0 Å². The minimum Gasteiger partial charge on any atom is -0.478 e. The van der Waals surface area contributed by atoms with E-state index in [4.69, 9.17) is 5.11 Å². The van der Waals surface area contributed by atoms with E-state index in [1.54, 1.807) is 6.08 Å². The molecule has 1 fully saturated rings. The summed E-state index contributed by atoms with van der Waals surface area (Å²) in [6.45, 7) is 4.48. The van der Waals surface area contributed by atoms with Crippen LogP contribution in [0.5, 0.6) is 0 Å². The molecule has 3 nitrogen and oxygen atoms in total. The van der Waals surface area contributed by atoms with E-state index < -0.39 is 5.97 Å². The topological polar surface area (TPSA) is 40.5 Å². The summed E-state index contributed by atoms with van der Waals surface area (Å²) in [7, 11) is 0. The molecule has 1 unspecified atom stereocenters. The first-order chi connectivity index (χ1) is 10.2. The fourth-order valence-corrected chi connectivity index (χ4v) is 3.04. The Morgan fingerprint density at radius 3 is 2.71 bits per heavy atom. The number of carbonyl (C=O) groups is 1. The number of hydrogen-bond acceptors (Lipinski definition) is 2. The maximum absolute atomic E-state index is 10.5. The monoisotopic (exact) mass is 287 g/mol. The highest BCUT2D eigenvalue weighted by Crippen LogP contribution is 2.21. The molecule has 0 bridgehead atoms. The van der Waals surface area contributed by atoms with E-state index in [-0.39, 0.29) is 0 Å². The predicted octanol–water partition coefficient (Wildman–Crippen LogP) is 3.94. The van der Waals surface area contributed by atoms with Gasteiger partial charge in [0.05, 0.1) is 0 Å². The second-order valence-corrected chi connectivity index (χ2v) is 5.80. The standard InChI is InChI=1S/C18H25NO2/c1-2-17-6-4-3-5-13-19(17)14-16-9-7-15(8-10-16)11-12-18(20)21/h7-12,17H,2-6,13-14H2,1H3,(H,20,21)/b12-11+. The molecule has 0 saturated carbocycles. The van der Waals surface area contributed by atoms with Crippen LogP contribution in [-0.4, -0.2) is 28.6 Å². The van der Waals surface area contributed by atoms with Crippen molar-refractivity contribution in [3.05, 3.63) is 41.5 Å². The quantitative estimate of drug-likeness (QED) is 0.834. The van der Waals surface area contributed by atoms with Gasteiger partial charge in [-0.15, -0.1) is 0 Å². The van der Waals surface area contributed by atoms with Gasteiger partial charge in [-0.1, -0.05) is 44.0 Å². The number of likely N-dealkylation sites (tertiary alicyclic amines) is 1. The van der Waals surface area contributed by atoms with Gasteiger partial charge in [-0.25, -0.2) is 4.79 Å². The molecule has 1 aromatic rings. The lowest BCUT2D eigenvalue weighted by atomic mass is 10.1. The summed E-state index contributed by atoms with van der Waals surface area (Å²) in [4.78, 5) is 13.1. The van der Waals surface area contributed by atoms with Crippen molar-refractivity contribution in [1.29, 1.82) is 0 Å². The van der Waals surface area contributed by atoms with Gasteiger partial charge in [0.15, 0.2) is 0 Å². The summed E-state index contributed by atoms with van der Waals surface area (Å²) in [6.07, 6.45) is 9.36. The maximum atomic E-state index is 10.5. The highest BCUT2D eigenvalue weighted by molar-refractivity contribution is 5.85. The lowest BCUT2D eigenvalue weighted by Crippen LogP contribution is -2.33. The first-order valence-electron chi connectivity index (χ1n) is 7.93. The van der Waals surface area contributed by atoms with E-state index in [0.29, 0.717) is 6.04 Å². The predicted molar refractivity (Wildman–Crippen MR) is 86.1 cm³/mol. The average Bonchev–Trinajstić information content (AvgIpc) is 2.71. The van der Waals surface area contributed by atoms with E-state index in [0.717, 1.165) is 12.1 Å². The van der Waals surface area contributed by atoms with Gasteiger partial charge < -0.3 is 5.11 Å². The molecule has 1 aliphatic heterocycles. The molecule has 1 N–H and O–H groups in total. The Morgan fingerprint density at radius 2 is 2.05 bits per heavy atom. The Balaban J connectivity index is 1.99. The molecule has 2 rings (SSSR count). The van der Waals surface area contributed by atoms with Crippen molar-refractivity contribution in [3.63, 3.8) is 0 Å². The fourth-order valence-electron chi connectivity index (χ4n) is 3.04. The van der Waals surface area contributed by atoms with E-state index in [1.165, 1.54) is 50.3 Å². The second-order valence-electron chi connectivity index (χ2n) is 5.80. The molecule has 1 aromatic carbocycles. The zero-order valence-corrected chi connectivity index (χ0v) is 12.8. The SMILES string of the molecule is CCC1CCCCCN1Cc1ccc(/C=C/C(=O)O)cc1. The Labute approximate surface area is 127 Å². The molecule has 21 heavy (non-hydrogen) atoms. The van der Waals surface area contributed by atoms with Crippen LogP contribution in [-0.2, 0) is 11.3 Å². The molecule has 0 amide bonds. The number of rotatable bonds is 5. The summed E-state index contributed by atoms with van der Waals surface area (Å²) < 4.78 is 0. The van der Waals surface area contributed by atoms with Crippen LogP contribution in [0.25, 0.3) is 6.08 Å². The lowest BCUT2D eigenvalue weighted by molar-refractivity contribution is -0.131. The van der Waals surface area contributed by atoms with Crippen molar-refractivity contribution >= 4 is 12.0 Å². The molecule has 0 spiro atoms. The number of aliphatic carboxylic acids is 1. The zero-order valence-electron chi connectivity index (χ0n) is 12.8. The van der Waals surface area contributed by atoms with E-state index in [9.17, 15) is 4.79 Å². The third kappa shape index (κ3) is 5.01. The average molecular weight is 287 g/mol. The molecule has 1 atom stereocenters. The van der Waals surface area contributed by atoms with Crippen LogP contribution in [0.1, 0.15) is 50.2 Å². The first kappa shape index (κ1) is 15.8. The van der Waals surface area contributed by atoms with Crippen LogP contribution in [0.15, 0.2) is 30.3 Å². The first-order valence-corrected chi connectivity index (χ1v) is 7.93. The van der Waals surface area contributed by atoms with Crippen molar-refractivity contribution in [1.82, 2.24) is 4.90 Å². The number of carboxylic acid groups (broad SMARTS) is 1. The highest BCUT2D eigenvalue weighted by atomic mass is 16.4. The number of nitrogens with zero attached hydrogens (tertiary/aromatic N) is 1. The van der Waals surface area contributed by atoms with Crippen LogP contribution in [0.3, 0.4) is 0 Å². The van der Waals surface area contributed by atoms with Gasteiger partial charge in [-0.05, 0) is 43.0 Å². The summed E-state index contributed by atoms with van der Waals surface area (Å²) in [5, 5.41) is 8.64. The number of carboxylic acids is 1. The molecule has 1 saturated heterocycles. The summed E-state index contributed by atoms with van der Waals surface area (Å²) in [6, 6.07) is 8.92. The van der Waals surface area contributed by atoms with E-state index in [2.05, 4.69) is 24.0 Å². The molecule has 114 valence electrons.